The smallest absolute Gasteiger partial charge is 0.0555 e. The zero-order chi connectivity index (χ0) is 72.1. The molecule has 0 aliphatic heterocycles. The molecule has 0 aliphatic carbocycles. The Balaban J connectivity index is 0.839. The van der Waals surface area contributed by atoms with Gasteiger partial charge in [-0.1, -0.05) is 200 Å². The first-order valence-corrected chi connectivity index (χ1v) is 38.4. The SMILES string of the molecule is c1ccc(-n2c3ccccc3c3cc(N(c4cc(-c5ccc6c7c8sc9ccccc9c8ccc7n(-c7ccccc7)c6c5)cc(N(c5ccc6c(c5)c5ccccc5n6-c5ccccc5)c5ccc6c(c5)c5ccccc5n6-c5ccccc5)c4)c4ccc5c(c4)c4ccccc4n5-c4ccccc4)ccc32)cc1. The van der Waals surface area contributed by atoms with Gasteiger partial charge in [0.05, 0.1) is 55.2 Å². The zero-order valence-electron chi connectivity index (χ0n) is 59.6. The van der Waals surface area contributed by atoms with Crippen molar-refractivity contribution in [3.05, 3.63) is 394 Å². The first kappa shape index (κ1) is 61.8. The maximum Gasteiger partial charge on any atom is 0.0555 e. The van der Waals surface area contributed by atoms with E-state index in [1.807, 2.05) is 11.3 Å². The number of para-hydroxylation sites is 9. The molecule has 23 rings (SSSR count). The average Bonchev–Trinajstić information content (AvgIpc) is 1.55. The average molecular weight is 1420 g/mol. The largest absolute Gasteiger partial charge is 0.310 e. The Morgan fingerprint density at radius 2 is 0.473 bits per heavy atom. The van der Waals surface area contributed by atoms with Crippen LogP contribution in [0.1, 0.15) is 0 Å². The summed E-state index contributed by atoms with van der Waals surface area (Å²) in [6, 6.07) is 146. The molecule has 514 valence electrons. The molecule has 8 heteroatoms. The van der Waals surface area contributed by atoms with Gasteiger partial charge in [0.1, 0.15) is 0 Å². The fourth-order valence-corrected chi connectivity index (χ4v) is 19.3. The lowest BCUT2D eigenvalue weighted by atomic mass is 9.99. The van der Waals surface area contributed by atoms with E-state index in [0.717, 1.165) is 145 Å². The van der Waals surface area contributed by atoms with Gasteiger partial charge in [0.2, 0.25) is 0 Å². The highest BCUT2D eigenvalue weighted by Gasteiger charge is 2.27. The molecule has 0 unspecified atom stereocenters. The Labute approximate surface area is 636 Å². The summed E-state index contributed by atoms with van der Waals surface area (Å²) in [5.74, 6) is 0. The monoisotopic (exact) mass is 1420 g/mol. The van der Waals surface area contributed by atoms with E-state index in [2.05, 4.69) is 427 Å². The van der Waals surface area contributed by atoms with Crippen molar-refractivity contribution in [2.75, 3.05) is 9.80 Å². The van der Waals surface area contributed by atoms with Crippen molar-refractivity contribution in [1.82, 2.24) is 22.8 Å². The van der Waals surface area contributed by atoms with Crippen LogP contribution in [0.15, 0.2) is 394 Å². The molecule has 0 radical (unpaired) electrons. The lowest BCUT2D eigenvalue weighted by Crippen LogP contribution is -2.14. The number of benzene rings is 17. The maximum atomic E-state index is 2.53. The number of nitrogens with zero attached hydrogens (tertiary/aromatic N) is 7. The highest BCUT2D eigenvalue weighted by molar-refractivity contribution is 7.26. The Kier molecular flexibility index (Phi) is 13.8. The van der Waals surface area contributed by atoms with Crippen LogP contribution in [0.2, 0.25) is 0 Å². The molecule has 0 atom stereocenters. The summed E-state index contributed by atoms with van der Waals surface area (Å²) < 4.78 is 14.7. The first-order valence-electron chi connectivity index (χ1n) is 37.6. The van der Waals surface area contributed by atoms with E-state index in [9.17, 15) is 0 Å². The third-order valence-electron chi connectivity index (χ3n) is 22.8. The summed E-state index contributed by atoms with van der Waals surface area (Å²) in [5, 5.41) is 14.4. The van der Waals surface area contributed by atoms with Crippen molar-refractivity contribution in [1.29, 1.82) is 0 Å². The molecule has 23 aromatic rings. The number of fused-ring (bicyclic) bond motifs is 19. The van der Waals surface area contributed by atoms with Gasteiger partial charge >= 0.3 is 0 Å². The lowest BCUT2D eigenvalue weighted by Gasteiger charge is -2.31. The van der Waals surface area contributed by atoms with Crippen LogP contribution in [0.4, 0.5) is 34.1 Å². The van der Waals surface area contributed by atoms with Gasteiger partial charge in [0.15, 0.2) is 0 Å². The third-order valence-corrected chi connectivity index (χ3v) is 24.0. The van der Waals surface area contributed by atoms with Gasteiger partial charge in [-0.2, -0.15) is 0 Å². The summed E-state index contributed by atoms with van der Waals surface area (Å²) >= 11 is 1.89. The molecular formula is C102H65N7S. The van der Waals surface area contributed by atoms with Gasteiger partial charge in [0.25, 0.3) is 0 Å². The van der Waals surface area contributed by atoms with Gasteiger partial charge in [-0.05, 0) is 205 Å². The molecular weight excluding hydrogens is 1360 g/mol. The summed E-state index contributed by atoms with van der Waals surface area (Å²) in [7, 11) is 0. The number of aromatic nitrogens is 5. The van der Waals surface area contributed by atoms with Crippen LogP contribution < -0.4 is 9.80 Å². The van der Waals surface area contributed by atoms with Gasteiger partial charge in [-0.3, -0.25) is 0 Å². The van der Waals surface area contributed by atoms with E-state index in [-0.39, 0.29) is 0 Å². The summed E-state index contributed by atoms with van der Waals surface area (Å²) in [6.45, 7) is 0. The second kappa shape index (κ2) is 24.6. The van der Waals surface area contributed by atoms with Crippen LogP contribution >= 0.6 is 11.3 Å². The van der Waals surface area contributed by atoms with Crippen molar-refractivity contribution in [3.63, 3.8) is 0 Å². The molecule has 0 saturated carbocycles. The van der Waals surface area contributed by atoms with E-state index in [1.54, 1.807) is 0 Å². The summed E-state index contributed by atoms with van der Waals surface area (Å²) in [4.78, 5) is 5.05. The summed E-state index contributed by atoms with van der Waals surface area (Å²) in [5.41, 5.74) is 25.2. The topological polar surface area (TPSA) is 31.1 Å². The molecule has 0 N–H and O–H groups in total. The number of thiophene rings is 1. The highest BCUT2D eigenvalue weighted by Crippen LogP contribution is 2.51. The van der Waals surface area contributed by atoms with Crippen molar-refractivity contribution in [2.45, 2.75) is 0 Å². The molecule has 17 aromatic carbocycles. The van der Waals surface area contributed by atoms with Crippen molar-refractivity contribution >= 4 is 175 Å². The quantitative estimate of drug-likeness (QED) is 0.122. The Morgan fingerprint density at radius 1 is 0.173 bits per heavy atom. The van der Waals surface area contributed by atoms with Crippen LogP contribution in [-0.4, -0.2) is 22.8 Å². The van der Waals surface area contributed by atoms with Crippen LogP contribution in [0.3, 0.4) is 0 Å². The predicted octanol–water partition coefficient (Wildman–Crippen LogP) is 28.1. The Morgan fingerprint density at radius 3 is 0.845 bits per heavy atom. The Bertz CT molecular complexity index is 7000. The van der Waals surface area contributed by atoms with E-state index < -0.39 is 0 Å². The maximum absolute atomic E-state index is 2.53. The lowest BCUT2D eigenvalue weighted by molar-refractivity contribution is 1.18. The molecule has 0 amide bonds. The van der Waals surface area contributed by atoms with Crippen LogP contribution in [0.5, 0.6) is 0 Å². The minimum absolute atomic E-state index is 0.985. The van der Waals surface area contributed by atoms with Crippen LogP contribution in [0, 0.1) is 0 Å². The molecule has 6 aromatic heterocycles. The molecule has 0 saturated heterocycles. The normalized spacial score (nSPS) is 12.0. The highest BCUT2D eigenvalue weighted by atomic mass is 32.1. The van der Waals surface area contributed by atoms with E-state index in [4.69, 9.17) is 0 Å². The fourth-order valence-electron chi connectivity index (χ4n) is 18.1. The zero-order valence-corrected chi connectivity index (χ0v) is 60.4. The standard InChI is InChI=1S/C102H65N7S/c1-6-26-68(27-7-1)105-90-41-21-16-36-79(90)86-62-73(47-53-94(86)105)103(74-48-54-95-87(63-74)80-37-17-22-42-91(80)106(95)69-28-8-2-9-29-69)77-58-67(66-46-51-85-99(60-66)109(72-34-14-5-15-35-72)98-57-52-84-83-40-20-25-45-100(83)110-102(84)101(85)98)59-78(61-77)104(75-49-55-96-88(64-75)81-38-18-23-43-92(81)107(96)70-30-10-3-11-31-70)76-50-56-97-89(65-76)82-39-19-24-44-93(82)108(97)71-32-12-4-13-33-71/h1-65H. The second-order valence-corrected chi connectivity index (χ2v) is 29.9. The second-order valence-electron chi connectivity index (χ2n) is 28.8. The fraction of sp³-hybridized carbons (Fsp3) is 0. The number of anilines is 6. The third kappa shape index (κ3) is 9.49. The predicted molar refractivity (Wildman–Crippen MR) is 466 cm³/mol. The number of hydrogen-bond donors (Lipinski definition) is 0. The van der Waals surface area contributed by atoms with Crippen molar-refractivity contribution < 1.29 is 0 Å². The van der Waals surface area contributed by atoms with E-state index in [1.165, 1.54) is 58.0 Å². The van der Waals surface area contributed by atoms with Crippen LogP contribution in [-0.2, 0) is 0 Å². The minimum atomic E-state index is 0.985. The van der Waals surface area contributed by atoms with Crippen molar-refractivity contribution in [3.8, 4) is 39.6 Å². The number of hydrogen-bond acceptors (Lipinski definition) is 3. The molecule has 7 nitrogen and oxygen atoms in total. The molecule has 0 fully saturated rings. The van der Waals surface area contributed by atoms with Gasteiger partial charge < -0.3 is 32.6 Å². The molecule has 0 spiro atoms. The van der Waals surface area contributed by atoms with Gasteiger partial charge in [-0.15, -0.1) is 11.3 Å². The molecule has 0 aliphatic rings. The first-order chi connectivity index (χ1) is 54.6. The molecule has 110 heavy (non-hydrogen) atoms. The summed E-state index contributed by atoms with van der Waals surface area (Å²) in [6.07, 6.45) is 0. The molecule has 6 heterocycles. The van der Waals surface area contributed by atoms with Crippen molar-refractivity contribution in [2.24, 2.45) is 0 Å². The Hall–Kier alpha value is -14.4. The number of rotatable bonds is 12. The van der Waals surface area contributed by atoms with Crippen LogP contribution in [0.25, 0.3) is 169 Å². The van der Waals surface area contributed by atoms with Gasteiger partial charge in [-0.25, -0.2) is 0 Å². The van der Waals surface area contributed by atoms with E-state index in [0.29, 0.717) is 0 Å². The minimum Gasteiger partial charge on any atom is -0.310 e. The van der Waals surface area contributed by atoms with E-state index >= 15 is 0 Å². The van der Waals surface area contributed by atoms with Gasteiger partial charge in [0, 0.05) is 137 Å². The molecule has 0 bridgehead atoms.